The van der Waals surface area contributed by atoms with E-state index in [0.29, 0.717) is 17.5 Å². The monoisotopic (exact) mass is 674 g/mol. The zero-order valence-corrected chi connectivity index (χ0v) is 28.6. The van der Waals surface area contributed by atoms with Crippen molar-refractivity contribution in [2.75, 3.05) is 0 Å². The van der Waals surface area contributed by atoms with Crippen LogP contribution in [0.25, 0.3) is 105 Å². The van der Waals surface area contributed by atoms with Crippen molar-refractivity contribution in [3.8, 4) is 39.9 Å². The smallest absolute Gasteiger partial charge is 0.164 e. The molecule has 4 nitrogen and oxygen atoms in total. The largest absolute Gasteiger partial charge is 0.309 e. The average molecular weight is 675 g/mol. The van der Waals surface area contributed by atoms with E-state index in [0.717, 1.165) is 38.5 Å². The van der Waals surface area contributed by atoms with E-state index in [9.17, 15) is 0 Å². The fourth-order valence-electron chi connectivity index (χ4n) is 8.08. The van der Waals surface area contributed by atoms with Gasteiger partial charge in [-0.05, 0) is 74.1 Å². The van der Waals surface area contributed by atoms with Crippen molar-refractivity contribution in [1.82, 2.24) is 19.5 Å². The first-order chi connectivity index (χ1) is 26.3. The maximum absolute atomic E-state index is 5.19. The topological polar surface area (TPSA) is 43.6 Å². The zero-order valence-electron chi connectivity index (χ0n) is 28.6. The van der Waals surface area contributed by atoms with Crippen molar-refractivity contribution in [2.24, 2.45) is 0 Å². The summed E-state index contributed by atoms with van der Waals surface area (Å²) in [4.78, 5) is 15.4. The van der Waals surface area contributed by atoms with Crippen molar-refractivity contribution in [3.63, 3.8) is 0 Å². The fraction of sp³-hybridized carbons (Fsp3) is 0. The second kappa shape index (κ2) is 11.7. The van der Waals surface area contributed by atoms with Crippen LogP contribution in [-0.2, 0) is 0 Å². The van der Waals surface area contributed by atoms with Gasteiger partial charge in [-0.25, -0.2) is 15.0 Å². The maximum atomic E-state index is 5.19. The van der Waals surface area contributed by atoms with E-state index in [1.807, 2.05) is 18.2 Å². The molecule has 2 aromatic heterocycles. The van der Waals surface area contributed by atoms with Crippen molar-refractivity contribution >= 4 is 64.9 Å². The SMILES string of the molecule is c1ccc(-c2nc(-c3ccc4ccccc4c3)nc(-c3ccc(-n4c5cc6ccccc6cc5c5c6ccccc6ccc54)c4ccccc34)n2)cc1. The van der Waals surface area contributed by atoms with Gasteiger partial charge in [0, 0.05) is 32.8 Å². The molecular weight excluding hydrogens is 645 g/mol. The Balaban J connectivity index is 1.18. The molecule has 11 aromatic rings. The van der Waals surface area contributed by atoms with Crippen molar-refractivity contribution in [2.45, 2.75) is 0 Å². The van der Waals surface area contributed by atoms with Gasteiger partial charge in [0.15, 0.2) is 17.5 Å². The number of hydrogen-bond donors (Lipinski definition) is 0. The van der Waals surface area contributed by atoms with E-state index >= 15 is 0 Å². The summed E-state index contributed by atoms with van der Waals surface area (Å²) < 4.78 is 2.44. The molecular formula is C49H30N4. The highest BCUT2D eigenvalue weighted by Crippen LogP contribution is 2.41. The molecule has 2 heterocycles. The molecule has 0 saturated carbocycles. The van der Waals surface area contributed by atoms with E-state index < -0.39 is 0 Å². The minimum absolute atomic E-state index is 0.643. The summed E-state index contributed by atoms with van der Waals surface area (Å²) in [7, 11) is 0. The Hall–Kier alpha value is -7.17. The minimum atomic E-state index is 0.643. The standard InChI is InChI=1S/C49H30N4/c1-2-14-33(15-3-1)47-50-48(37-23-22-31-12-4-5-16-34(31)28-37)52-49(51-47)41-25-27-43(40-21-11-10-20-39(40)41)53-44-26-24-32-13-8-9-19-38(32)46(44)42-29-35-17-6-7-18-36(35)30-45(42)53/h1-30H. The Morgan fingerprint density at radius 3 is 1.70 bits per heavy atom. The lowest BCUT2D eigenvalue weighted by atomic mass is 10.0. The molecule has 0 aliphatic carbocycles. The number of hydrogen-bond acceptors (Lipinski definition) is 3. The second-order valence-electron chi connectivity index (χ2n) is 13.6. The molecule has 0 bridgehead atoms. The average Bonchev–Trinajstić information content (AvgIpc) is 3.55. The van der Waals surface area contributed by atoms with Gasteiger partial charge < -0.3 is 4.57 Å². The summed E-state index contributed by atoms with van der Waals surface area (Å²) in [6, 6.07) is 64.6. The molecule has 4 heteroatoms. The van der Waals surface area contributed by atoms with Crippen LogP contribution in [0.4, 0.5) is 0 Å². The van der Waals surface area contributed by atoms with Crippen LogP contribution in [-0.4, -0.2) is 19.5 Å². The fourth-order valence-corrected chi connectivity index (χ4v) is 8.08. The van der Waals surface area contributed by atoms with Gasteiger partial charge in [0.1, 0.15) is 0 Å². The van der Waals surface area contributed by atoms with E-state index in [2.05, 4.69) is 168 Å². The van der Waals surface area contributed by atoms with E-state index in [4.69, 9.17) is 15.0 Å². The Kier molecular flexibility index (Phi) is 6.52. The lowest BCUT2D eigenvalue weighted by Crippen LogP contribution is -2.02. The summed E-state index contributed by atoms with van der Waals surface area (Å²) in [5, 5.41) is 12.0. The lowest BCUT2D eigenvalue weighted by Gasteiger charge is -2.15. The molecule has 0 amide bonds. The Morgan fingerprint density at radius 2 is 0.906 bits per heavy atom. The molecule has 53 heavy (non-hydrogen) atoms. The summed E-state index contributed by atoms with van der Waals surface area (Å²) in [5.74, 6) is 1.94. The number of nitrogens with zero attached hydrogens (tertiary/aromatic N) is 4. The highest BCUT2D eigenvalue weighted by atomic mass is 15.0. The van der Waals surface area contributed by atoms with Crippen LogP contribution in [0, 0.1) is 0 Å². The number of aromatic nitrogens is 4. The molecule has 0 fully saturated rings. The number of benzene rings is 9. The molecule has 0 saturated heterocycles. The van der Waals surface area contributed by atoms with Gasteiger partial charge in [-0.15, -0.1) is 0 Å². The quantitative estimate of drug-likeness (QED) is 0.187. The van der Waals surface area contributed by atoms with Gasteiger partial charge in [0.2, 0.25) is 0 Å². The van der Waals surface area contributed by atoms with E-state index in [1.54, 1.807) is 0 Å². The molecule has 0 N–H and O–H groups in total. The van der Waals surface area contributed by atoms with Gasteiger partial charge in [-0.1, -0.05) is 146 Å². The molecule has 0 aliphatic heterocycles. The molecule has 0 spiro atoms. The molecule has 0 atom stereocenters. The van der Waals surface area contributed by atoms with Crippen LogP contribution in [0.15, 0.2) is 182 Å². The third kappa shape index (κ3) is 4.73. The van der Waals surface area contributed by atoms with Crippen molar-refractivity contribution in [1.29, 1.82) is 0 Å². The Morgan fingerprint density at radius 1 is 0.321 bits per heavy atom. The van der Waals surface area contributed by atoms with Crippen LogP contribution in [0.5, 0.6) is 0 Å². The minimum Gasteiger partial charge on any atom is -0.309 e. The summed E-state index contributed by atoms with van der Waals surface area (Å²) in [6.07, 6.45) is 0. The Labute approximate surface area is 305 Å². The van der Waals surface area contributed by atoms with Gasteiger partial charge in [0.25, 0.3) is 0 Å². The van der Waals surface area contributed by atoms with Gasteiger partial charge >= 0.3 is 0 Å². The summed E-state index contributed by atoms with van der Waals surface area (Å²) in [5.41, 5.74) is 6.33. The third-order valence-corrected chi connectivity index (χ3v) is 10.6. The number of rotatable bonds is 4. The normalized spacial score (nSPS) is 11.8. The van der Waals surface area contributed by atoms with E-state index in [-0.39, 0.29) is 0 Å². The summed E-state index contributed by atoms with van der Waals surface area (Å²) >= 11 is 0. The third-order valence-electron chi connectivity index (χ3n) is 10.6. The lowest BCUT2D eigenvalue weighted by molar-refractivity contribution is 1.08. The van der Waals surface area contributed by atoms with Gasteiger partial charge in [-0.3, -0.25) is 0 Å². The van der Waals surface area contributed by atoms with Crippen LogP contribution < -0.4 is 0 Å². The second-order valence-corrected chi connectivity index (χ2v) is 13.6. The van der Waals surface area contributed by atoms with Crippen molar-refractivity contribution in [3.05, 3.63) is 182 Å². The molecule has 9 aromatic carbocycles. The molecule has 246 valence electrons. The molecule has 0 aliphatic rings. The predicted molar refractivity (Wildman–Crippen MR) is 220 cm³/mol. The molecule has 11 rings (SSSR count). The molecule has 0 radical (unpaired) electrons. The van der Waals surface area contributed by atoms with Crippen LogP contribution in [0.2, 0.25) is 0 Å². The predicted octanol–water partition coefficient (Wildman–Crippen LogP) is 12.6. The van der Waals surface area contributed by atoms with Crippen LogP contribution >= 0.6 is 0 Å². The zero-order chi connectivity index (χ0) is 34.9. The van der Waals surface area contributed by atoms with Gasteiger partial charge in [0.05, 0.1) is 16.7 Å². The van der Waals surface area contributed by atoms with Crippen molar-refractivity contribution < 1.29 is 0 Å². The number of fused-ring (bicyclic) bond motifs is 8. The summed E-state index contributed by atoms with van der Waals surface area (Å²) in [6.45, 7) is 0. The highest BCUT2D eigenvalue weighted by molar-refractivity contribution is 6.23. The first kappa shape index (κ1) is 29.5. The highest BCUT2D eigenvalue weighted by Gasteiger charge is 2.20. The van der Waals surface area contributed by atoms with Gasteiger partial charge in [-0.2, -0.15) is 0 Å². The van der Waals surface area contributed by atoms with Crippen LogP contribution in [0.1, 0.15) is 0 Å². The van der Waals surface area contributed by atoms with Crippen LogP contribution in [0.3, 0.4) is 0 Å². The first-order valence-corrected chi connectivity index (χ1v) is 17.9. The maximum Gasteiger partial charge on any atom is 0.164 e. The van der Waals surface area contributed by atoms with E-state index in [1.165, 1.54) is 48.7 Å². The first-order valence-electron chi connectivity index (χ1n) is 17.9. The Bertz CT molecular complexity index is 3230. The molecule has 0 unspecified atom stereocenters.